The fraction of sp³-hybridized carbons (Fsp3) is 0.882. The van der Waals surface area contributed by atoms with Crippen molar-refractivity contribution in [3.05, 3.63) is 0 Å². The Morgan fingerprint density at radius 2 is 2.00 bits per heavy atom. The van der Waals surface area contributed by atoms with Crippen molar-refractivity contribution in [2.24, 2.45) is 23.2 Å². The van der Waals surface area contributed by atoms with Crippen LogP contribution in [0.1, 0.15) is 72.1 Å². The quantitative estimate of drug-likeness (QED) is 0.801. The Kier molecular flexibility index (Phi) is 4.87. The van der Waals surface area contributed by atoms with Gasteiger partial charge >= 0.3 is 0 Å². The topological polar surface area (TPSA) is 46.2 Å². The second-order valence-electron chi connectivity index (χ2n) is 7.23. The summed E-state index contributed by atoms with van der Waals surface area (Å²) < 4.78 is 0. The number of amides is 2. The number of carbonyl (C=O) groups is 2. The molecule has 1 aliphatic heterocycles. The second kappa shape index (κ2) is 6.28. The minimum absolute atomic E-state index is 0.00824. The summed E-state index contributed by atoms with van der Waals surface area (Å²) in [5, 5.41) is 2.56. The molecule has 2 aliphatic rings. The molecule has 0 aromatic rings. The van der Waals surface area contributed by atoms with Gasteiger partial charge in [-0.15, -0.1) is 0 Å². The highest BCUT2D eigenvalue weighted by Crippen LogP contribution is 2.49. The van der Waals surface area contributed by atoms with E-state index in [0.29, 0.717) is 12.3 Å². The van der Waals surface area contributed by atoms with Gasteiger partial charge in [-0.3, -0.25) is 14.9 Å². The van der Waals surface area contributed by atoms with Gasteiger partial charge in [0.15, 0.2) is 0 Å². The first-order valence-electron chi connectivity index (χ1n) is 8.32. The van der Waals surface area contributed by atoms with E-state index in [4.69, 9.17) is 0 Å². The first-order chi connectivity index (χ1) is 9.48. The Morgan fingerprint density at radius 3 is 2.65 bits per heavy atom. The van der Waals surface area contributed by atoms with E-state index in [2.05, 4.69) is 26.1 Å². The lowest BCUT2D eigenvalue weighted by molar-refractivity contribution is -0.145. The van der Waals surface area contributed by atoms with Gasteiger partial charge in [-0.1, -0.05) is 40.0 Å². The number of imide groups is 1. The van der Waals surface area contributed by atoms with Crippen molar-refractivity contribution < 1.29 is 9.59 Å². The Balaban J connectivity index is 2.19. The zero-order valence-electron chi connectivity index (χ0n) is 13.2. The van der Waals surface area contributed by atoms with Crippen LogP contribution in [0.25, 0.3) is 0 Å². The van der Waals surface area contributed by atoms with Crippen molar-refractivity contribution >= 4 is 11.8 Å². The average molecular weight is 279 g/mol. The fourth-order valence-electron chi connectivity index (χ4n) is 4.37. The maximum Gasteiger partial charge on any atom is 0.230 e. The third kappa shape index (κ3) is 3.07. The van der Waals surface area contributed by atoms with Gasteiger partial charge < -0.3 is 0 Å². The van der Waals surface area contributed by atoms with E-state index in [-0.39, 0.29) is 23.1 Å². The highest BCUT2D eigenvalue weighted by Gasteiger charge is 2.48. The van der Waals surface area contributed by atoms with Crippen LogP contribution < -0.4 is 5.32 Å². The van der Waals surface area contributed by atoms with Crippen molar-refractivity contribution in [1.29, 1.82) is 0 Å². The number of nitrogens with one attached hydrogen (secondary N) is 1. The van der Waals surface area contributed by atoms with Gasteiger partial charge in [0.2, 0.25) is 11.8 Å². The van der Waals surface area contributed by atoms with Crippen LogP contribution >= 0.6 is 0 Å². The zero-order valence-corrected chi connectivity index (χ0v) is 13.2. The van der Waals surface area contributed by atoms with E-state index in [9.17, 15) is 9.59 Å². The van der Waals surface area contributed by atoms with Gasteiger partial charge in [0.25, 0.3) is 0 Å². The minimum atomic E-state index is -0.0506. The number of piperidine rings is 1. The summed E-state index contributed by atoms with van der Waals surface area (Å²) in [5.41, 5.74) is -0.0426. The van der Waals surface area contributed by atoms with Crippen molar-refractivity contribution in [3.63, 3.8) is 0 Å². The van der Waals surface area contributed by atoms with Crippen molar-refractivity contribution in [1.82, 2.24) is 5.32 Å². The van der Waals surface area contributed by atoms with Crippen LogP contribution in [-0.4, -0.2) is 11.8 Å². The van der Waals surface area contributed by atoms with E-state index in [1.165, 1.54) is 19.3 Å². The van der Waals surface area contributed by atoms with Gasteiger partial charge in [-0.2, -0.15) is 0 Å². The molecule has 114 valence electrons. The third-order valence-corrected chi connectivity index (χ3v) is 5.61. The Labute approximate surface area is 122 Å². The lowest BCUT2D eigenvalue weighted by Crippen LogP contribution is -2.52. The molecule has 2 amide bonds. The van der Waals surface area contributed by atoms with Crippen LogP contribution in [0.4, 0.5) is 0 Å². The van der Waals surface area contributed by atoms with E-state index in [0.717, 1.165) is 31.6 Å². The van der Waals surface area contributed by atoms with Crippen LogP contribution in [-0.2, 0) is 9.59 Å². The maximum atomic E-state index is 12.3. The zero-order chi connectivity index (χ0) is 14.8. The SMILES string of the molecule is CCCC1C(=O)NC(=O)CC12CCCC(C(C)C)CC2. The molecule has 0 aromatic heterocycles. The molecule has 3 heteroatoms. The highest BCUT2D eigenvalue weighted by molar-refractivity contribution is 5.99. The molecule has 1 aliphatic carbocycles. The molecule has 20 heavy (non-hydrogen) atoms. The number of rotatable bonds is 3. The molecule has 3 nitrogen and oxygen atoms in total. The molecule has 1 saturated heterocycles. The predicted molar refractivity (Wildman–Crippen MR) is 80.0 cm³/mol. The number of carbonyl (C=O) groups excluding carboxylic acids is 2. The summed E-state index contributed by atoms with van der Waals surface area (Å²) >= 11 is 0. The largest absolute Gasteiger partial charge is 0.296 e. The summed E-state index contributed by atoms with van der Waals surface area (Å²) in [6.07, 6.45) is 8.22. The summed E-state index contributed by atoms with van der Waals surface area (Å²) in [7, 11) is 0. The van der Waals surface area contributed by atoms with E-state index >= 15 is 0 Å². The van der Waals surface area contributed by atoms with Gasteiger partial charge in [0.05, 0.1) is 0 Å². The lowest BCUT2D eigenvalue weighted by Gasteiger charge is -2.42. The number of hydrogen-bond acceptors (Lipinski definition) is 2. The summed E-state index contributed by atoms with van der Waals surface area (Å²) in [6.45, 7) is 6.72. The number of hydrogen-bond donors (Lipinski definition) is 1. The molecule has 1 N–H and O–H groups in total. The second-order valence-corrected chi connectivity index (χ2v) is 7.23. The van der Waals surface area contributed by atoms with Crippen LogP contribution in [0, 0.1) is 23.2 Å². The van der Waals surface area contributed by atoms with Crippen LogP contribution in [0.2, 0.25) is 0 Å². The summed E-state index contributed by atoms with van der Waals surface area (Å²) in [4.78, 5) is 24.2. The normalized spacial score (nSPS) is 35.2. The summed E-state index contributed by atoms with van der Waals surface area (Å²) in [6, 6.07) is 0. The highest BCUT2D eigenvalue weighted by atomic mass is 16.2. The van der Waals surface area contributed by atoms with Crippen LogP contribution in [0.15, 0.2) is 0 Å². The smallest absolute Gasteiger partial charge is 0.230 e. The van der Waals surface area contributed by atoms with Crippen molar-refractivity contribution in [3.8, 4) is 0 Å². The molecule has 0 bridgehead atoms. The van der Waals surface area contributed by atoms with Crippen LogP contribution in [0.3, 0.4) is 0 Å². The lowest BCUT2D eigenvalue weighted by atomic mass is 9.64. The molecule has 1 heterocycles. The monoisotopic (exact) mass is 279 g/mol. The molecule has 2 rings (SSSR count). The summed E-state index contributed by atoms with van der Waals surface area (Å²) in [5.74, 6) is 1.46. The average Bonchev–Trinajstić information content (AvgIpc) is 2.57. The van der Waals surface area contributed by atoms with E-state index in [1.54, 1.807) is 0 Å². The molecule has 0 radical (unpaired) electrons. The van der Waals surface area contributed by atoms with E-state index in [1.807, 2.05) is 0 Å². The third-order valence-electron chi connectivity index (χ3n) is 5.61. The molecule has 1 spiro atoms. The molecule has 3 atom stereocenters. The molecule has 3 unspecified atom stereocenters. The van der Waals surface area contributed by atoms with Gasteiger partial charge in [-0.25, -0.2) is 0 Å². The Morgan fingerprint density at radius 1 is 1.25 bits per heavy atom. The predicted octanol–water partition coefficient (Wildman–Crippen LogP) is 3.67. The van der Waals surface area contributed by atoms with E-state index < -0.39 is 0 Å². The molecular formula is C17H29NO2. The molecule has 0 aromatic carbocycles. The van der Waals surface area contributed by atoms with Gasteiger partial charge in [0.1, 0.15) is 0 Å². The van der Waals surface area contributed by atoms with Crippen molar-refractivity contribution in [2.75, 3.05) is 0 Å². The molecular weight excluding hydrogens is 250 g/mol. The molecule has 1 saturated carbocycles. The minimum Gasteiger partial charge on any atom is -0.296 e. The first-order valence-corrected chi connectivity index (χ1v) is 8.32. The first kappa shape index (κ1) is 15.5. The standard InChI is InChI=1S/C17H29NO2/c1-4-6-14-16(20)18-15(19)11-17(14)9-5-7-13(8-10-17)12(2)3/h12-14H,4-11H2,1-3H3,(H,18,19,20). The van der Waals surface area contributed by atoms with Gasteiger partial charge in [-0.05, 0) is 42.9 Å². The van der Waals surface area contributed by atoms with Crippen molar-refractivity contribution in [2.45, 2.75) is 72.1 Å². The maximum absolute atomic E-state index is 12.3. The van der Waals surface area contributed by atoms with Crippen LogP contribution in [0.5, 0.6) is 0 Å². The molecule has 2 fully saturated rings. The Bertz CT molecular complexity index is 377. The van der Waals surface area contributed by atoms with Gasteiger partial charge in [0, 0.05) is 12.3 Å². The fourth-order valence-corrected chi connectivity index (χ4v) is 4.37. The Hall–Kier alpha value is -0.860.